The SMILES string of the molecule is COc1cc(N=Nc2c(SOOO)cc3ccc(NCCN4CCNCC4)cc3c2O)c(OC)cc1N=Nc1ccc(S(=O)(=O)Nc2nccs2)cc1. The molecule has 0 amide bonds. The van der Waals surface area contributed by atoms with Gasteiger partial charge in [0.05, 0.1) is 41.7 Å². The molecule has 1 aliphatic heterocycles. The van der Waals surface area contributed by atoms with Crippen LogP contribution in [-0.4, -0.2) is 82.2 Å². The first-order chi connectivity index (χ1) is 25.8. The minimum atomic E-state index is -3.82. The van der Waals surface area contributed by atoms with Crippen molar-refractivity contribution in [3.05, 3.63) is 72.2 Å². The minimum absolute atomic E-state index is 0.0357. The highest BCUT2D eigenvalue weighted by molar-refractivity contribution is 7.94. The van der Waals surface area contributed by atoms with E-state index in [0.29, 0.717) is 39.1 Å². The van der Waals surface area contributed by atoms with Gasteiger partial charge in [0.25, 0.3) is 10.0 Å². The molecule has 0 radical (unpaired) electrons. The number of methoxy groups -OCH3 is 2. The number of nitrogens with one attached hydrogen (secondary N) is 3. The number of aromatic hydroxyl groups is 1. The predicted molar refractivity (Wildman–Crippen MR) is 201 cm³/mol. The molecule has 5 N–H and O–H groups in total. The van der Waals surface area contributed by atoms with E-state index in [2.05, 4.69) is 50.7 Å². The van der Waals surface area contributed by atoms with E-state index in [1.807, 2.05) is 18.2 Å². The number of azo groups is 2. The van der Waals surface area contributed by atoms with E-state index in [0.717, 1.165) is 45.0 Å². The Labute approximate surface area is 312 Å². The summed E-state index contributed by atoms with van der Waals surface area (Å²) in [5.41, 5.74) is 1.79. The summed E-state index contributed by atoms with van der Waals surface area (Å²) in [6, 6.07) is 16.2. The molecule has 53 heavy (non-hydrogen) atoms. The fourth-order valence-corrected chi connectivity index (χ4v) is 7.62. The number of phenolic OH excluding ortho intramolecular Hbond substituents is 1. The third-order valence-corrected chi connectivity index (χ3v) is 10.8. The molecule has 1 saturated heterocycles. The van der Waals surface area contributed by atoms with Crippen molar-refractivity contribution in [2.75, 3.05) is 63.5 Å². The quantitative estimate of drug-likeness (QED) is 0.0286. The van der Waals surface area contributed by atoms with E-state index in [-0.39, 0.29) is 38.7 Å². The van der Waals surface area contributed by atoms with Crippen LogP contribution in [0.2, 0.25) is 0 Å². The summed E-state index contributed by atoms with van der Waals surface area (Å²) < 4.78 is 43.6. The number of rotatable bonds is 16. The minimum Gasteiger partial charge on any atom is -0.505 e. The number of aromatic nitrogens is 1. The predicted octanol–water partition coefficient (Wildman–Crippen LogP) is 7.40. The van der Waals surface area contributed by atoms with Crippen LogP contribution in [0.3, 0.4) is 0 Å². The van der Waals surface area contributed by atoms with Crippen LogP contribution in [0, 0.1) is 0 Å². The van der Waals surface area contributed by atoms with E-state index in [9.17, 15) is 13.5 Å². The molecule has 5 aromatic rings. The van der Waals surface area contributed by atoms with Crippen molar-refractivity contribution in [2.24, 2.45) is 20.5 Å². The Bertz CT molecular complexity index is 2180. The number of benzene rings is 4. The van der Waals surface area contributed by atoms with E-state index < -0.39 is 10.0 Å². The number of hydrogen-bond donors (Lipinski definition) is 5. The lowest BCUT2D eigenvalue weighted by molar-refractivity contribution is -0.432. The molecule has 2 heterocycles. The number of thiazole rings is 1. The summed E-state index contributed by atoms with van der Waals surface area (Å²) in [7, 11) is -0.935. The smallest absolute Gasteiger partial charge is 0.263 e. The standard InChI is InChI=1S/C33H35N9O8S3/c1-47-28-20-27(29(48-2)19-26(28)38-37-22-5-7-24(8-6-22)53(45,46)41-33-36-12-16-51-33)39-40-31-30(52-50-49-44)17-21-3-4-23(18-25(21)32(31)43)35-11-15-42-13-9-34-10-14-42/h3-8,12,16-20,34-35,43-44H,9-11,13-15H2,1-2H3,(H,36,41). The molecule has 1 aromatic heterocycles. The number of hydrogen-bond acceptors (Lipinski definition) is 18. The first-order valence-electron chi connectivity index (χ1n) is 16.0. The van der Waals surface area contributed by atoms with E-state index in [4.69, 9.17) is 19.1 Å². The monoisotopic (exact) mass is 781 g/mol. The number of sulfonamides is 1. The molecule has 0 spiro atoms. The van der Waals surface area contributed by atoms with Gasteiger partial charge in [-0.25, -0.2) is 18.7 Å². The second kappa shape index (κ2) is 17.7. The highest BCUT2D eigenvalue weighted by atomic mass is 32.2. The molecular weight excluding hydrogens is 747 g/mol. The van der Waals surface area contributed by atoms with E-state index in [1.165, 1.54) is 62.1 Å². The molecule has 1 aliphatic rings. The molecule has 0 atom stereocenters. The molecule has 0 saturated carbocycles. The molecule has 278 valence electrons. The van der Waals surface area contributed by atoms with Gasteiger partial charge in [0.15, 0.2) is 10.9 Å². The second-order valence-corrected chi connectivity index (χ2v) is 14.6. The van der Waals surface area contributed by atoms with Crippen molar-refractivity contribution < 1.29 is 37.6 Å². The van der Waals surface area contributed by atoms with Crippen LogP contribution < -0.4 is 24.8 Å². The summed E-state index contributed by atoms with van der Waals surface area (Å²) in [4.78, 5) is 6.67. The van der Waals surface area contributed by atoms with Crippen molar-refractivity contribution in [2.45, 2.75) is 9.79 Å². The maximum absolute atomic E-state index is 12.7. The van der Waals surface area contributed by atoms with Crippen molar-refractivity contribution in [3.8, 4) is 17.2 Å². The topological polar surface area (TPSA) is 213 Å². The van der Waals surface area contributed by atoms with Crippen LogP contribution >= 0.6 is 23.4 Å². The first kappa shape index (κ1) is 37.8. The summed E-state index contributed by atoms with van der Waals surface area (Å²) in [6.07, 6.45) is 1.51. The summed E-state index contributed by atoms with van der Waals surface area (Å²) >= 11 is 1.81. The van der Waals surface area contributed by atoms with E-state index >= 15 is 0 Å². The lowest BCUT2D eigenvalue weighted by Crippen LogP contribution is -2.45. The average Bonchev–Trinajstić information content (AvgIpc) is 3.69. The number of nitrogens with zero attached hydrogens (tertiary/aromatic N) is 6. The molecule has 4 aromatic carbocycles. The van der Waals surface area contributed by atoms with Crippen molar-refractivity contribution >= 4 is 77.7 Å². The van der Waals surface area contributed by atoms with Crippen LogP contribution in [0.15, 0.2) is 102 Å². The van der Waals surface area contributed by atoms with Crippen LogP contribution in [0.1, 0.15) is 0 Å². The third kappa shape index (κ3) is 9.55. The number of anilines is 2. The largest absolute Gasteiger partial charge is 0.505 e. The van der Waals surface area contributed by atoms with Crippen molar-refractivity contribution in [3.63, 3.8) is 0 Å². The zero-order valence-electron chi connectivity index (χ0n) is 28.4. The maximum atomic E-state index is 12.7. The van der Waals surface area contributed by atoms with Gasteiger partial charge in [-0.05, 0) is 47.9 Å². The van der Waals surface area contributed by atoms with Gasteiger partial charge in [-0.15, -0.1) is 31.0 Å². The fraction of sp³-hybridized carbons (Fsp3) is 0.242. The number of phenols is 1. The molecule has 6 rings (SSSR count). The van der Waals surface area contributed by atoms with Crippen LogP contribution in [0.5, 0.6) is 17.2 Å². The maximum Gasteiger partial charge on any atom is 0.263 e. The van der Waals surface area contributed by atoms with Gasteiger partial charge in [-0.2, -0.15) is 5.11 Å². The molecule has 0 bridgehead atoms. The summed E-state index contributed by atoms with van der Waals surface area (Å²) in [5.74, 6) is 0.370. The molecular formula is C33H35N9O8S3. The van der Waals surface area contributed by atoms with Crippen molar-refractivity contribution in [1.29, 1.82) is 0 Å². The highest BCUT2D eigenvalue weighted by Gasteiger charge is 2.18. The van der Waals surface area contributed by atoms with E-state index in [1.54, 1.807) is 17.5 Å². The first-order valence-corrected chi connectivity index (χ1v) is 19.1. The zero-order valence-corrected chi connectivity index (χ0v) is 30.9. The zero-order chi connectivity index (χ0) is 37.2. The third-order valence-electron chi connectivity index (χ3n) is 7.99. The normalized spacial score (nSPS) is 13.9. The Morgan fingerprint density at radius 1 is 0.962 bits per heavy atom. The molecule has 0 unspecified atom stereocenters. The number of piperazine rings is 1. The van der Waals surface area contributed by atoms with Crippen molar-refractivity contribution in [1.82, 2.24) is 15.2 Å². The van der Waals surface area contributed by atoms with Gasteiger partial charge in [-0.3, -0.25) is 9.62 Å². The van der Waals surface area contributed by atoms with Crippen LogP contribution in [-0.2, 0) is 19.4 Å². The second-order valence-electron chi connectivity index (χ2n) is 11.3. The average molecular weight is 782 g/mol. The van der Waals surface area contributed by atoms with Crippen LogP contribution in [0.25, 0.3) is 10.8 Å². The number of ether oxygens (including phenoxy) is 2. The van der Waals surface area contributed by atoms with Gasteiger partial charge in [-0.1, -0.05) is 11.1 Å². The molecule has 20 heteroatoms. The lowest BCUT2D eigenvalue weighted by Gasteiger charge is -2.27. The van der Waals surface area contributed by atoms with Gasteiger partial charge < -0.3 is 25.2 Å². The Morgan fingerprint density at radius 3 is 2.34 bits per heavy atom. The fourth-order valence-electron chi connectivity index (χ4n) is 5.33. The molecule has 0 aliphatic carbocycles. The molecule has 17 nitrogen and oxygen atoms in total. The Kier molecular flexibility index (Phi) is 12.6. The van der Waals surface area contributed by atoms with Crippen LogP contribution in [0.4, 0.5) is 33.6 Å². The van der Waals surface area contributed by atoms with Gasteiger partial charge in [0.1, 0.15) is 28.6 Å². The molecule has 1 fully saturated rings. The van der Waals surface area contributed by atoms with Gasteiger partial charge in [0, 0.05) is 74.1 Å². The number of fused-ring (bicyclic) bond motifs is 1. The summed E-state index contributed by atoms with van der Waals surface area (Å²) in [6.45, 7) is 5.56. The Morgan fingerprint density at radius 2 is 1.68 bits per heavy atom. The lowest BCUT2D eigenvalue weighted by atomic mass is 10.1. The Balaban J connectivity index is 1.23. The van der Waals surface area contributed by atoms with Gasteiger partial charge in [0.2, 0.25) is 0 Å². The summed E-state index contributed by atoms with van der Waals surface area (Å²) in [5, 5.41) is 51.2. The highest BCUT2D eigenvalue weighted by Crippen LogP contribution is 2.46. The van der Waals surface area contributed by atoms with Gasteiger partial charge >= 0.3 is 0 Å². The Hall–Kier alpha value is -4.93.